The maximum Gasteiger partial charge on any atom is 0.210 e. The van der Waals surface area contributed by atoms with Crippen molar-refractivity contribution in [2.75, 3.05) is 11.1 Å². The van der Waals surface area contributed by atoms with Crippen molar-refractivity contribution in [3.05, 3.63) is 29.3 Å². The van der Waals surface area contributed by atoms with E-state index in [9.17, 15) is 4.79 Å². The van der Waals surface area contributed by atoms with E-state index < -0.39 is 0 Å². The number of hydrogen-bond acceptors (Lipinski definition) is 6. The summed E-state index contributed by atoms with van der Waals surface area (Å²) in [6, 6.07) is 7.40. The molecule has 0 radical (unpaired) electrons. The number of anilines is 2. The van der Waals surface area contributed by atoms with Gasteiger partial charge in [0.25, 0.3) is 0 Å². The summed E-state index contributed by atoms with van der Waals surface area (Å²) in [6.07, 6.45) is 0. The summed E-state index contributed by atoms with van der Waals surface area (Å²) < 4.78 is 0.775. The Morgan fingerprint density at radius 2 is 2.14 bits per heavy atom. The van der Waals surface area contributed by atoms with Crippen molar-refractivity contribution in [1.29, 1.82) is 0 Å². The Labute approximate surface area is 137 Å². The van der Waals surface area contributed by atoms with E-state index in [0.29, 0.717) is 15.9 Å². The van der Waals surface area contributed by atoms with E-state index in [1.54, 1.807) is 0 Å². The molecule has 0 aliphatic heterocycles. The fourth-order valence-electron chi connectivity index (χ4n) is 1.35. The first-order valence-electron chi connectivity index (χ1n) is 6.37. The third-order valence-corrected chi connectivity index (χ3v) is 4.85. The zero-order valence-electron chi connectivity index (χ0n) is 12.0. The molecule has 0 fully saturated rings. The second kappa shape index (κ2) is 6.77. The van der Waals surface area contributed by atoms with Crippen LogP contribution < -0.4 is 5.32 Å². The van der Waals surface area contributed by atoms with Gasteiger partial charge in [-0.2, -0.15) is 0 Å². The maximum absolute atomic E-state index is 11.9. The van der Waals surface area contributed by atoms with E-state index in [4.69, 9.17) is 11.6 Å². The van der Waals surface area contributed by atoms with Gasteiger partial charge in [0.2, 0.25) is 5.13 Å². The molecule has 1 N–H and O–H groups in total. The van der Waals surface area contributed by atoms with Gasteiger partial charge < -0.3 is 5.32 Å². The van der Waals surface area contributed by atoms with Crippen LogP contribution in [0.5, 0.6) is 0 Å². The van der Waals surface area contributed by atoms with Crippen LogP contribution in [0.25, 0.3) is 0 Å². The first kappa shape index (κ1) is 16.3. The van der Waals surface area contributed by atoms with Crippen molar-refractivity contribution in [2.24, 2.45) is 5.41 Å². The first-order chi connectivity index (χ1) is 9.84. The first-order valence-corrected chi connectivity index (χ1v) is 8.55. The highest BCUT2D eigenvalue weighted by Gasteiger charge is 2.21. The number of carbonyl (C=O) groups is 1. The quantitative estimate of drug-likeness (QED) is 0.803. The molecule has 1 heterocycles. The van der Waals surface area contributed by atoms with E-state index >= 15 is 0 Å². The number of rotatable bonds is 5. The molecule has 112 valence electrons. The number of ketones is 1. The molecule has 0 spiro atoms. The topological polar surface area (TPSA) is 54.9 Å². The molecule has 2 rings (SSSR count). The van der Waals surface area contributed by atoms with Crippen molar-refractivity contribution in [1.82, 2.24) is 10.2 Å². The summed E-state index contributed by atoms with van der Waals surface area (Å²) in [7, 11) is 0. The van der Waals surface area contributed by atoms with Crippen molar-refractivity contribution in [3.63, 3.8) is 0 Å². The smallest absolute Gasteiger partial charge is 0.210 e. The van der Waals surface area contributed by atoms with Crippen LogP contribution in [0.1, 0.15) is 20.8 Å². The second-order valence-corrected chi connectivity index (χ2v) is 8.11. The summed E-state index contributed by atoms with van der Waals surface area (Å²) in [5, 5.41) is 12.6. The predicted octanol–water partition coefficient (Wildman–Crippen LogP) is 4.64. The summed E-state index contributed by atoms with van der Waals surface area (Å²) in [5.41, 5.74) is 0.542. The van der Waals surface area contributed by atoms with Gasteiger partial charge >= 0.3 is 0 Å². The number of aromatic nitrogens is 2. The molecule has 0 bridgehead atoms. The highest BCUT2D eigenvalue weighted by molar-refractivity contribution is 8.01. The van der Waals surface area contributed by atoms with Crippen LogP contribution in [0.15, 0.2) is 28.6 Å². The standard InChI is InChI=1S/C14H16ClN3OS2/c1-14(2,3)11(19)8-20-13-18-17-12(21-13)16-10-6-4-5-9(15)7-10/h4-7H,8H2,1-3H3,(H,16,17). The van der Waals surface area contributed by atoms with Crippen LogP contribution in [-0.4, -0.2) is 21.7 Å². The zero-order chi connectivity index (χ0) is 15.5. The lowest BCUT2D eigenvalue weighted by Crippen LogP contribution is -2.21. The van der Waals surface area contributed by atoms with Gasteiger partial charge in [-0.1, -0.05) is 61.5 Å². The van der Waals surface area contributed by atoms with Crippen molar-refractivity contribution < 1.29 is 4.79 Å². The van der Waals surface area contributed by atoms with E-state index in [-0.39, 0.29) is 11.2 Å². The third-order valence-electron chi connectivity index (χ3n) is 2.65. The van der Waals surface area contributed by atoms with Crippen LogP contribution in [0.3, 0.4) is 0 Å². The molecular formula is C14H16ClN3OS2. The number of thioether (sulfide) groups is 1. The molecule has 0 atom stereocenters. The van der Waals surface area contributed by atoms with Gasteiger partial charge in [-0.05, 0) is 18.2 Å². The minimum Gasteiger partial charge on any atom is -0.330 e. The molecule has 0 saturated heterocycles. The minimum atomic E-state index is -0.320. The van der Waals surface area contributed by atoms with Gasteiger partial charge in [0.05, 0.1) is 5.75 Å². The Morgan fingerprint density at radius 3 is 2.81 bits per heavy atom. The van der Waals surface area contributed by atoms with Gasteiger partial charge in [-0.25, -0.2) is 0 Å². The van der Waals surface area contributed by atoms with Crippen LogP contribution in [0.4, 0.5) is 10.8 Å². The Morgan fingerprint density at radius 1 is 1.38 bits per heavy atom. The molecule has 7 heteroatoms. The molecule has 0 aliphatic carbocycles. The number of hydrogen-bond donors (Lipinski definition) is 1. The number of benzene rings is 1. The Kier molecular flexibility index (Phi) is 5.24. The van der Waals surface area contributed by atoms with Gasteiger partial charge in [0.1, 0.15) is 5.78 Å². The van der Waals surface area contributed by atoms with E-state index in [0.717, 1.165) is 10.0 Å². The lowest BCUT2D eigenvalue weighted by Gasteiger charge is -2.15. The summed E-state index contributed by atoms with van der Waals surface area (Å²) in [6.45, 7) is 5.76. The van der Waals surface area contributed by atoms with Gasteiger partial charge in [0, 0.05) is 16.1 Å². The van der Waals surface area contributed by atoms with Crippen LogP contribution >= 0.6 is 34.7 Å². The highest BCUT2D eigenvalue weighted by atomic mass is 35.5. The van der Waals surface area contributed by atoms with Crippen LogP contribution in [0, 0.1) is 5.41 Å². The average molecular weight is 342 g/mol. The molecule has 0 aliphatic rings. The minimum absolute atomic E-state index is 0.201. The van der Waals surface area contributed by atoms with E-state index in [2.05, 4.69) is 15.5 Å². The number of nitrogens with one attached hydrogen (secondary N) is 1. The zero-order valence-corrected chi connectivity index (χ0v) is 14.4. The summed E-state index contributed by atoms with van der Waals surface area (Å²) in [5.74, 6) is 0.613. The monoisotopic (exact) mass is 341 g/mol. The number of carbonyl (C=O) groups excluding carboxylic acids is 1. The highest BCUT2D eigenvalue weighted by Crippen LogP contribution is 2.29. The molecule has 2 aromatic rings. The molecule has 4 nitrogen and oxygen atoms in total. The van der Waals surface area contributed by atoms with Crippen molar-refractivity contribution >= 4 is 51.3 Å². The van der Waals surface area contributed by atoms with Crippen LogP contribution in [0.2, 0.25) is 5.02 Å². The Hall–Kier alpha value is -1.11. The van der Waals surface area contributed by atoms with E-state index in [1.807, 2.05) is 45.0 Å². The van der Waals surface area contributed by atoms with Crippen molar-refractivity contribution in [3.8, 4) is 0 Å². The fourth-order valence-corrected chi connectivity index (χ4v) is 3.48. The molecule has 1 aromatic heterocycles. The summed E-state index contributed by atoms with van der Waals surface area (Å²) >= 11 is 8.77. The molecule has 1 aromatic carbocycles. The van der Waals surface area contributed by atoms with Crippen molar-refractivity contribution in [2.45, 2.75) is 25.1 Å². The Balaban J connectivity index is 1.94. The number of halogens is 1. The van der Waals surface area contributed by atoms with Gasteiger partial charge in [-0.3, -0.25) is 4.79 Å². The normalized spacial score (nSPS) is 11.4. The lowest BCUT2D eigenvalue weighted by molar-refractivity contribution is -0.123. The molecule has 0 amide bonds. The predicted molar refractivity (Wildman–Crippen MR) is 89.8 cm³/mol. The van der Waals surface area contributed by atoms with Gasteiger partial charge in [0.15, 0.2) is 4.34 Å². The average Bonchev–Trinajstić information content (AvgIpc) is 2.82. The SMILES string of the molecule is CC(C)(C)C(=O)CSc1nnc(Nc2cccc(Cl)c2)s1. The second-order valence-electron chi connectivity index (χ2n) is 5.47. The third kappa shape index (κ3) is 4.98. The largest absolute Gasteiger partial charge is 0.330 e. The number of nitrogens with zero attached hydrogens (tertiary/aromatic N) is 2. The van der Waals surface area contributed by atoms with E-state index in [1.165, 1.54) is 23.1 Å². The van der Waals surface area contributed by atoms with Gasteiger partial charge in [-0.15, -0.1) is 10.2 Å². The number of Topliss-reactive ketones (excluding diaryl/α,β-unsaturated/α-hetero) is 1. The maximum atomic E-state index is 11.9. The molecule has 21 heavy (non-hydrogen) atoms. The molecule has 0 unspecified atom stereocenters. The summed E-state index contributed by atoms with van der Waals surface area (Å²) in [4.78, 5) is 11.9. The molecular weight excluding hydrogens is 326 g/mol. The fraction of sp³-hybridized carbons (Fsp3) is 0.357. The Bertz CT molecular complexity index is 637. The lowest BCUT2D eigenvalue weighted by atomic mass is 9.92. The van der Waals surface area contributed by atoms with Crippen LogP contribution in [-0.2, 0) is 4.79 Å². The molecule has 0 saturated carbocycles.